The zero-order valence-electron chi connectivity index (χ0n) is 20.3. The van der Waals surface area contributed by atoms with Crippen molar-refractivity contribution in [2.24, 2.45) is 0 Å². The first-order chi connectivity index (χ1) is 17.2. The van der Waals surface area contributed by atoms with Gasteiger partial charge in [-0.25, -0.2) is 4.79 Å². The topological polar surface area (TPSA) is 82.1 Å². The Morgan fingerprint density at radius 1 is 1.08 bits per heavy atom. The molecule has 1 unspecified atom stereocenters. The van der Waals surface area contributed by atoms with Crippen molar-refractivity contribution < 1.29 is 23.6 Å². The molecule has 2 heterocycles. The molecule has 7 nitrogen and oxygen atoms in total. The molecular formula is C26H30Cl2N2O5S. The number of anilines is 1. The van der Waals surface area contributed by atoms with Crippen molar-refractivity contribution in [3.8, 4) is 0 Å². The van der Waals surface area contributed by atoms with E-state index in [0.29, 0.717) is 54.6 Å². The van der Waals surface area contributed by atoms with E-state index in [1.54, 1.807) is 12.1 Å². The molecule has 4 rings (SSSR count). The van der Waals surface area contributed by atoms with E-state index in [0.717, 1.165) is 5.69 Å². The van der Waals surface area contributed by atoms with Gasteiger partial charge in [0.15, 0.2) is 4.90 Å². The Balaban J connectivity index is 1.39. The number of esters is 1. The van der Waals surface area contributed by atoms with Crippen LogP contribution in [0.3, 0.4) is 0 Å². The van der Waals surface area contributed by atoms with Crippen molar-refractivity contribution in [3.05, 3.63) is 58.1 Å². The smallest absolute Gasteiger partial charge is 0.357 e. The van der Waals surface area contributed by atoms with Gasteiger partial charge in [0, 0.05) is 54.3 Å². The molecule has 2 saturated heterocycles. The average molecular weight is 554 g/mol. The van der Waals surface area contributed by atoms with Gasteiger partial charge in [-0.05, 0) is 61.4 Å². The standard InChI is InChI=1S/C26H30Cl2N2O5S/c1-17-18(2)30(11-10-29(17)21-5-3-4-20(27)15-21)26(32)19-6-7-24(23(28)14-19)36(33)16-25(31)35-22-8-12-34-13-9-22/h3-7,14-15,17-18,22H,8-13,16H2,1-2H3/t17-,18-,36?/m0/s1. The molecule has 0 N–H and O–H groups in total. The predicted octanol–water partition coefficient (Wildman–Crippen LogP) is 4.56. The molecule has 36 heavy (non-hydrogen) atoms. The van der Waals surface area contributed by atoms with Crippen LogP contribution in [0.15, 0.2) is 47.4 Å². The molecule has 194 valence electrons. The van der Waals surface area contributed by atoms with Crippen molar-refractivity contribution >= 4 is 51.9 Å². The van der Waals surface area contributed by atoms with Crippen LogP contribution in [0.25, 0.3) is 0 Å². The Morgan fingerprint density at radius 2 is 1.83 bits per heavy atom. The number of hydrogen-bond donors (Lipinski definition) is 0. The number of halogens is 2. The fraction of sp³-hybridized carbons (Fsp3) is 0.462. The van der Waals surface area contributed by atoms with E-state index >= 15 is 0 Å². The number of nitrogens with zero attached hydrogens (tertiary/aromatic N) is 2. The van der Waals surface area contributed by atoms with Crippen LogP contribution < -0.4 is 4.90 Å². The third-order valence-corrected chi connectivity index (χ3v) is 8.81. The number of benzene rings is 2. The second-order valence-electron chi connectivity index (χ2n) is 9.09. The molecule has 0 radical (unpaired) electrons. The Kier molecular flexibility index (Phi) is 9.06. The number of amides is 1. The van der Waals surface area contributed by atoms with E-state index in [4.69, 9.17) is 32.7 Å². The van der Waals surface area contributed by atoms with E-state index in [1.807, 2.05) is 36.1 Å². The van der Waals surface area contributed by atoms with Gasteiger partial charge in [0.05, 0.1) is 18.2 Å². The number of piperazine rings is 1. The highest BCUT2D eigenvalue weighted by Crippen LogP contribution is 2.29. The maximum absolute atomic E-state index is 13.4. The van der Waals surface area contributed by atoms with Crippen LogP contribution in [0.2, 0.25) is 10.0 Å². The van der Waals surface area contributed by atoms with Gasteiger partial charge in [-0.3, -0.25) is 4.79 Å². The number of hydrogen-bond acceptors (Lipinski definition) is 6. The summed E-state index contributed by atoms with van der Waals surface area (Å²) in [7, 11) is 0. The highest BCUT2D eigenvalue weighted by molar-refractivity contribution is 7.92. The van der Waals surface area contributed by atoms with Crippen LogP contribution in [-0.2, 0) is 25.4 Å². The molecule has 2 aliphatic heterocycles. The molecule has 0 bridgehead atoms. The van der Waals surface area contributed by atoms with Crippen molar-refractivity contribution in [2.75, 3.05) is 37.0 Å². The molecule has 0 saturated carbocycles. The summed E-state index contributed by atoms with van der Waals surface area (Å²) in [5.74, 6) is -0.959. The lowest BCUT2D eigenvalue weighted by Crippen LogP contribution is -2.59. The van der Waals surface area contributed by atoms with Crippen molar-refractivity contribution in [3.63, 3.8) is 0 Å². The molecule has 10 heteroatoms. The summed E-state index contributed by atoms with van der Waals surface area (Å²) >= 11 is 10.9. The lowest BCUT2D eigenvalue weighted by atomic mass is 10.0. The Labute approximate surface area is 224 Å². The summed E-state index contributed by atoms with van der Waals surface area (Å²) in [6.07, 6.45) is 1.07. The fourth-order valence-corrected chi connectivity index (χ4v) is 6.19. The van der Waals surface area contributed by atoms with E-state index in [-0.39, 0.29) is 34.9 Å². The summed E-state index contributed by atoms with van der Waals surface area (Å²) in [6, 6.07) is 12.4. The first-order valence-corrected chi connectivity index (χ1v) is 14.1. The minimum absolute atomic E-state index is 0.0576. The maximum atomic E-state index is 13.4. The number of carbonyl (C=O) groups is 2. The van der Waals surface area contributed by atoms with Gasteiger partial charge in [-0.15, -0.1) is 0 Å². The largest absolute Gasteiger partial charge is 0.611 e. The lowest BCUT2D eigenvalue weighted by Gasteiger charge is -2.46. The average Bonchev–Trinajstić information content (AvgIpc) is 2.85. The summed E-state index contributed by atoms with van der Waals surface area (Å²) < 4.78 is 23.4. The Bertz CT molecular complexity index is 1100. The Hall–Kier alpha value is -1.97. The van der Waals surface area contributed by atoms with Gasteiger partial charge in [0.25, 0.3) is 5.91 Å². The fourth-order valence-electron chi connectivity index (χ4n) is 4.63. The Morgan fingerprint density at radius 3 is 2.53 bits per heavy atom. The van der Waals surface area contributed by atoms with Gasteiger partial charge < -0.3 is 23.8 Å². The first kappa shape index (κ1) is 27.1. The predicted molar refractivity (Wildman–Crippen MR) is 141 cm³/mol. The minimum atomic E-state index is -1.68. The van der Waals surface area contributed by atoms with Gasteiger partial charge in [-0.2, -0.15) is 0 Å². The number of ether oxygens (including phenoxy) is 2. The van der Waals surface area contributed by atoms with Crippen LogP contribution >= 0.6 is 23.2 Å². The maximum Gasteiger partial charge on any atom is 0.357 e. The second kappa shape index (κ2) is 12.0. The lowest BCUT2D eigenvalue weighted by molar-refractivity contribution is -0.149. The normalized spacial score (nSPS) is 21.8. The van der Waals surface area contributed by atoms with E-state index in [2.05, 4.69) is 11.8 Å². The molecule has 0 aliphatic carbocycles. The summed E-state index contributed by atoms with van der Waals surface area (Å²) in [5, 5.41) is 0.867. The second-order valence-corrected chi connectivity index (χ2v) is 11.4. The third kappa shape index (κ3) is 6.29. The van der Waals surface area contributed by atoms with Gasteiger partial charge in [0.1, 0.15) is 6.10 Å². The van der Waals surface area contributed by atoms with Crippen LogP contribution in [0.1, 0.15) is 37.0 Å². The molecule has 0 spiro atoms. The minimum Gasteiger partial charge on any atom is -0.611 e. The molecule has 2 fully saturated rings. The van der Waals surface area contributed by atoms with Crippen molar-refractivity contribution in [1.82, 2.24) is 4.90 Å². The van der Waals surface area contributed by atoms with E-state index in [1.165, 1.54) is 6.07 Å². The monoisotopic (exact) mass is 552 g/mol. The molecule has 2 aromatic rings. The van der Waals surface area contributed by atoms with Crippen LogP contribution in [0.5, 0.6) is 0 Å². The quantitative estimate of drug-likeness (QED) is 0.386. The summed E-state index contributed by atoms with van der Waals surface area (Å²) in [5.41, 5.74) is 1.44. The van der Waals surface area contributed by atoms with E-state index < -0.39 is 17.1 Å². The van der Waals surface area contributed by atoms with E-state index in [9.17, 15) is 14.1 Å². The van der Waals surface area contributed by atoms with Crippen molar-refractivity contribution in [1.29, 1.82) is 0 Å². The number of carbonyl (C=O) groups excluding carboxylic acids is 2. The highest BCUT2D eigenvalue weighted by atomic mass is 35.5. The van der Waals surface area contributed by atoms with Crippen LogP contribution in [0, 0.1) is 0 Å². The molecular weight excluding hydrogens is 523 g/mol. The molecule has 2 aliphatic rings. The molecule has 3 atom stereocenters. The zero-order chi connectivity index (χ0) is 25.8. The van der Waals surface area contributed by atoms with Gasteiger partial charge in [0.2, 0.25) is 5.75 Å². The third-order valence-electron chi connectivity index (χ3n) is 6.80. The molecule has 0 aromatic heterocycles. The molecule has 1 amide bonds. The first-order valence-electron chi connectivity index (χ1n) is 12.0. The van der Waals surface area contributed by atoms with Gasteiger partial charge in [-0.1, -0.05) is 29.3 Å². The molecule has 2 aromatic carbocycles. The van der Waals surface area contributed by atoms with Crippen LogP contribution in [-0.4, -0.2) is 71.6 Å². The SMILES string of the molecule is C[C@H]1[C@H](C)N(c2cccc(Cl)c2)CCN1C(=O)c1ccc([S+]([O-])CC(=O)OC2CCOCC2)c(Cl)c1. The number of rotatable bonds is 6. The highest BCUT2D eigenvalue weighted by Gasteiger charge is 2.34. The van der Waals surface area contributed by atoms with Crippen LogP contribution in [0.4, 0.5) is 5.69 Å². The van der Waals surface area contributed by atoms with Crippen molar-refractivity contribution in [2.45, 2.75) is 49.8 Å². The zero-order valence-corrected chi connectivity index (χ0v) is 22.7. The van der Waals surface area contributed by atoms with Gasteiger partial charge >= 0.3 is 5.97 Å². The summed E-state index contributed by atoms with van der Waals surface area (Å²) in [4.78, 5) is 30.0. The summed E-state index contributed by atoms with van der Waals surface area (Å²) in [6.45, 7) is 6.42.